The van der Waals surface area contributed by atoms with Crippen molar-refractivity contribution in [1.29, 1.82) is 0 Å². The maximum Gasteiger partial charge on any atom is 0.0728 e. The van der Waals surface area contributed by atoms with Crippen LogP contribution in [0.1, 0.15) is 50.0 Å². The van der Waals surface area contributed by atoms with Gasteiger partial charge < -0.3 is 15.3 Å². The van der Waals surface area contributed by atoms with Crippen molar-refractivity contribution in [3.63, 3.8) is 0 Å². The molecule has 1 aliphatic carbocycles. The molecule has 1 aliphatic heterocycles. The first-order valence-corrected chi connectivity index (χ1v) is 10.3. The third kappa shape index (κ3) is 3.66. The van der Waals surface area contributed by atoms with Crippen LogP contribution in [0.3, 0.4) is 0 Å². The van der Waals surface area contributed by atoms with Gasteiger partial charge in [0.25, 0.3) is 0 Å². The lowest BCUT2D eigenvalue weighted by molar-refractivity contribution is -0.0294. The van der Waals surface area contributed by atoms with Gasteiger partial charge in [-0.05, 0) is 49.2 Å². The molecule has 2 aromatic rings. The Kier molecular flexibility index (Phi) is 5.30. The first kappa shape index (κ1) is 18.0. The third-order valence-corrected chi connectivity index (χ3v) is 6.67. The van der Waals surface area contributed by atoms with Gasteiger partial charge in [0.2, 0.25) is 0 Å². The Balaban J connectivity index is 1.64. The summed E-state index contributed by atoms with van der Waals surface area (Å²) in [5.74, 6) is 0.197. The second-order valence-electron chi connectivity index (χ2n) is 8.36. The highest BCUT2D eigenvalue weighted by molar-refractivity contribution is 5.83. The van der Waals surface area contributed by atoms with Gasteiger partial charge in [0.15, 0.2) is 0 Å². The van der Waals surface area contributed by atoms with E-state index in [0.29, 0.717) is 6.04 Å². The lowest BCUT2D eigenvalue weighted by atomic mass is 9.72. The molecule has 2 aromatic carbocycles. The van der Waals surface area contributed by atoms with Crippen LogP contribution in [0.15, 0.2) is 42.5 Å². The summed E-state index contributed by atoms with van der Waals surface area (Å²) in [5.41, 5.74) is 0.749. The first-order chi connectivity index (χ1) is 12.7. The molecule has 2 fully saturated rings. The van der Waals surface area contributed by atoms with Crippen molar-refractivity contribution in [2.45, 2.75) is 56.1 Å². The molecule has 0 radical (unpaired) electrons. The fourth-order valence-electron chi connectivity index (χ4n) is 5.01. The van der Waals surface area contributed by atoms with E-state index in [2.05, 4.69) is 59.7 Å². The molecule has 1 saturated carbocycles. The van der Waals surface area contributed by atoms with Crippen LogP contribution in [0.5, 0.6) is 0 Å². The summed E-state index contributed by atoms with van der Waals surface area (Å²) >= 11 is 0. The Labute approximate surface area is 157 Å². The van der Waals surface area contributed by atoms with Crippen LogP contribution in [0.4, 0.5) is 0 Å². The van der Waals surface area contributed by atoms with Crippen molar-refractivity contribution in [1.82, 2.24) is 10.2 Å². The van der Waals surface area contributed by atoms with E-state index in [-0.39, 0.29) is 5.92 Å². The predicted molar refractivity (Wildman–Crippen MR) is 109 cm³/mol. The van der Waals surface area contributed by atoms with Crippen molar-refractivity contribution < 1.29 is 5.11 Å². The van der Waals surface area contributed by atoms with E-state index in [1.807, 2.05) is 0 Å². The molecule has 2 aliphatic rings. The van der Waals surface area contributed by atoms with Crippen molar-refractivity contribution in [2.75, 3.05) is 26.7 Å². The molecule has 3 heteroatoms. The van der Waals surface area contributed by atoms with Crippen LogP contribution in [-0.4, -0.2) is 48.3 Å². The minimum Gasteiger partial charge on any atom is -0.389 e. The van der Waals surface area contributed by atoms with Gasteiger partial charge in [-0.15, -0.1) is 0 Å². The lowest BCUT2D eigenvalue weighted by Gasteiger charge is -2.41. The number of fused-ring (bicyclic) bond motifs is 1. The Morgan fingerprint density at radius 3 is 2.62 bits per heavy atom. The molecule has 0 aromatic heterocycles. The Hall–Kier alpha value is -1.42. The van der Waals surface area contributed by atoms with Gasteiger partial charge >= 0.3 is 0 Å². The van der Waals surface area contributed by atoms with E-state index in [9.17, 15) is 5.11 Å². The number of likely N-dealkylation sites (N-methyl/N-ethyl adjacent to an activating group) is 1. The number of aliphatic hydroxyl groups is 1. The molecule has 0 amide bonds. The van der Waals surface area contributed by atoms with Gasteiger partial charge in [0, 0.05) is 25.0 Å². The zero-order chi connectivity index (χ0) is 18.0. The van der Waals surface area contributed by atoms with E-state index in [1.165, 1.54) is 29.2 Å². The zero-order valence-electron chi connectivity index (χ0n) is 16.0. The molecule has 0 bridgehead atoms. The fraction of sp³-hybridized carbons (Fsp3) is 0.565. The molecule has 1 unspecified atom stereocenters. The van der Waals surface area contributed by atoms with E-state index >= 15 is 0 Å². The smallest absolute Gasteiger partial charge is 0.0728 e. The monoisotopic (exact) mass is 352 g/mol. The standard InChI is InChI=1S/C23H32N2O/c1-24-21-11-14-25(16-21)17-22(23(26)12-5-2-6-13-23)20-10-9-18-7-3-4-8-19(18)15-20/h3-4,7-10,15,21-22,24,26H,2,5-6,11-14,16-17H2,1H3/t21-,22?/m0/s1. The summed E-state index contributed by atoms with van der Waals surface area (Å²) in [6.45, 7) is 3.19. The number of nitrogens with one attached hydrogen (secondary N) is 1. The third-order valence-electron chi connectivity index (χ3n) is 6.67. The largest absolute Gasteiger partial charge is 0.389 e. The van der Waals surface area contributed by atoms with Gasteiger partial charge in [-0.1, -0.05) is 61.7 Å². The Bertz CT molecular complexity index is 738. The summed E-state index contributed by atoms with van der Waals surface area (Å²) in [6.07, 6.45) is 6.65. The molecule has 3 nitrogen and oxygen atoms in total. The zero-order valence-corrected chi connectivity index (χ0v) is 16.0. The van der Waals surface area contributed by atoms with Crippen LogP contribution in [0.25, 0.3) is 10.8 Å². The maximum absolute atomic E-state index is 11.6. The highest BCUT2D eigenvalue weighted by Crippen LogP contribution is 2.41. The molecule has 0 spiro atoms. The molecule has 2 atom stereocenters. The summed E-state index contributed by atoms with van der Waals surface area (Å²) < 4.78 is 0. The number of hydrogen-bond donors (Lipinski definition) is 2. The second-order valence-corrected chi connectivity index (χ2v) is 8.36. The van der Waals surface area contributed by atoms with Crippen molar-refractivity contribution >= 4 is 10.8 Å². The van der Waals surface area contributed by atoms with Crippen molar-refractivity contribution in [3.05, 3.63) is 48.0 Å². The van der Waals surface area contributed by atoms with Crippen molar-refractivity contribution in [3.8, 4) is 0 Å². The van der Waals surface area contributed by atoms with Crippen LogP contribution in [0.2, 0.25) is 0 Å². The average molecular weight is 353 g/mol. The van der Waals surface area contributed by atoms with Gasteiger partial charge in [-0.2, -0.15) is 0 Å². The molecule has 4 rings (SSSR count). The molecule has 140 valence electrons. The van der Waals surface area contributed by atoms with E-state index in [0.717, 1.165) is 45.3 Å². The Morgan fingerprint density at radius 1 is 1.12 bits per heavy atom. The highest BCUT2D eigenvalue weighted by Gasteiger charge is 2.40. The quantitative estimate of drug-likeness (QED) is 0.856. The molecular weight excluding hydrogens is 320 g/mol. The van der Waals surface area contributed by atoms with Crippen LogP contribution in [-0.2, 0) is 0 Å². The number of benzene rings is 2. The summed E-state index contributed by atoms with van der Waals surface area (Å²) in [4.78, 5) is 2.55. The van der Waals surface area contributed by atoms with Gasteiger partial charge in [-0.3, -0.25) is 0 Å². The van der Waals surface area contributed by atoms with Crippen LogP contribution in [0, 0.1) is 0 Å². The van der Waals surface area contributed by atoms with Gasteiger partial charge in [0.05, 0.1) is 5.60 Å². The molecule has 1 saturated heterocycles. The topological polar surface area (TPSA) is 35.5 Å². The SMILES string of the molecule is CN[C@H]1CCN(CC(c2ccc3ccccc3c2)C2(O)CCCCC2)C1. The number of rotatable bonds is 5. The van der Waals surface area contributed by atoms with Crippen molar-refractivity contribution in [2.24, 2.45) is 0 Å². The van der Waals surface area contributed by atoms with E-state index < -0.39 is 5.60 Å². The summed E-state index contributed by atoms with van der Waals surface area (Å²) in [6, 6.07) is 15.9. The molecule has 26 heavy (non-hydrogen) atoms. The number of hydrogen-bond acceptors (Lipinski definition) is 3. The number of likely N-dealkylation sites (tertiary alicyclic amines) is 1. The van der Waals surface area contributed by atoms with Crippen LogP contribution < -0.4 is 5.32 Å². The average Bonchev–Trinajstić information content (AvgIpc) is 3.14. The molecule has 2 N–H and O–H groups in total. The van der Waals surface area contributed by atoms with Gasteiger partial charge in [0.1, 0.15) is 0 Å². The fourth-order valence-corrected chi connectivity index (χ4v) is 5.01. The van der Waals surface area contributed by atoms with Crippen LogP contribution >= 0.6 is 0 Å². The summed E-state index contributed by atoms with van der Waals surface area (Å²) in [5, 5.41) is 17.6. The van der Waals surface area contributed by atoms with Gasteiger partial charge in [-0.25, -0.2) is 0 Å². The minimum atomic E-state index is -0.557. The highest BCUT2D eigenvalue weighted by atomic mass is 16.3. The normalized spacial score (nSPS) is 24.8. The lowest BCUT2D eigenvalue weighted by Crippen LogP contribution is -2.44. The second kappa shape index (κ2) is 7.67. The predicted octanol–water partition coefficient (Wildman–Crippen LogP) is 3.91. The first-order valence-electron chi connectivity index (χ1n) is 10.3. The minimum absolute atomic E-state index is 0.197. The maximum atomic E-state index is 11.6. The van der Waals surface area contributed by atoms with E-state index in [4.69, 9.17) is 0 Å². The molecular formula is C23H32N2O. The summed E-state index contributed by atoms with van der Waals surface area (Å²) in [7, 11) is 2.06. The molecule has 1 heterocycles. The number of nitrogens with zero attached hydrogens (tertiary/aromatic N) is 1. The van der Waals surface area contributed by atoms with E-state index in [1.54, 1.807) is 0 Å². The Morgan fingerprint density at radius 2 is 1.88 bits per heavy atom.